The normalized spacial score (nSPS) is 10.5. The molecule has 1 amide bonds. The topological polar surface area (TPSA) is 95.9 Å². The zero-order chi connectivity index (χ0) is 15.4. The van der Waals surface area contributed by atoms with Gasteiger partial charge in [0, 0.05) is 6.92 Å². The van der Waals surface area contributed by atoms with E-state index in [0.29, 0.717) is 0 Å². The minimum atomic E-state index is -0.833. The van der Waals surface area contributed by atoms with Crippen LogP contribution in [-0.4, -0.2) is 35.4 Å². The molecule has 0 saturated heterocycles. The van der Waals surface area contributed by atoms with E-state index >= 15 is 0 Å². The third-order valence-corrected chi connectivity index (χ3v) is 1.96. The number of hydrogen-bond acceptors (Lipinski definition) is 4. The second-order valence-corrected chi connectivity index (χ2v) is 3.71. The number of aliphatic carboxylic acids is 1. The molecule has 0 fully saturated rings. The summed E-state index contributed by atoms with van der Waals surface area (Å²) in [5.41, 5.74) is 0.756. The number of carboxylic acids is 1. The van der Waals surface area contributed by atoms with E-state index in [1.165, 1.54) is 6.08 Å². The van der Waals surface area contributed by atoms with E-state index in [-0.39, 0.29) is 13.2 Å². The Hall–Kier alpha value is -2.34. The zero-order valence-corrected chi connectivity index (χ0v) is 11.3. The molecular weight excluding hydrogens is 262 g/mol. The molecule has 0 heterocycles. The van der Waals surface area contributed by atoms with E-state index in [1.807, 2.05) is 18.2 Å². The number of aliphatic hydroxyl groups is 1. The molecule has 110 valence electrons. The number of amides is 1. The van der Waals surface area contributed by atoms with Crippen LogP contribution in [0.3, 0.4) is 0 Å². The molecule has 20 heavy (non-hydrogen) atoms. The van der Waals surface area contributed by atoms with Crippen LogP contribution < -0.4 is 5.32 Å². The maximum atomic E-state index is 11.0. The van der Waals surface area contributed by atoms with Crippen molar-refractivity contribution in [3.63, 3.8) is 0 Å². The number of carbonyl (C=O) groups is 2. The SMILES string of the molecule is C=CCOC(=O)NCC(O)c1ccccc1.CC(=O)O. The molecule has 0 aliphatic heterocycles. The molecule has 1 rings (SSSR count). The lowest BCUT2D eigenvalue weighted by molar-refractivity contribution is -0.134. The van der Waals surface area contributed by atoms with Crippen LogP contribution in [-0.2, 0) is 9.53 Å². The second kappa shape index (κ2) is 10.6. The highest BCUT2D eigenvalue weighted by molar-refractivity contribution is 5.67. The molecule has 0 spiro atoms. The van der Waals surface area contributed by atoms with Gasteiger partial charge in [0.1, 0.15) is 6.61 Å². The highest BCUT2D eigenvalue weighted by Crippen LogP contribution is 2.10. The molecule has 1 aromatic rings. The van der Waals surface area contributed by atoms with Crippen molar-refractivity contribution in [1.82, 2.24) is 5.32 Å². The Balaban J connectivity index is 0.000000796. The van der Waals surface area contributed by atoms with Crippen LogP contribution in [0.5, 0.6) is 0 Å². The van der Waals surface area contributed by atoms with Gasteiger partial charge in [-0.15, -0.1) is 0 Å². The summed E-state index contributed by atoms with van der Waals surface area (Å²) in [5.74, 6) is -0.833. The summed E-state index contributed by atoms with van der Waals surface area (Å²) in [5, 5.41) is 19.6. The van der Waals surface area contributed by atoms with Crippen molar-refractivity contribution < 1.29 is 24.5 Å². The van der Waals surface area contributed by atoms with Gasteiger partial charge in [0.15, 0.2) is 0 Å². The van der Waals surface area contributed by atoms with Crippen LogP contribution in [0.4, 0.5) is 4.79 Å². The number of ether oxygens (including phenoxy) is 1. The van der Waals surface area contributed by atoms with Gasteiger partial charge in [-0.05, 0) is 5.56 Å². The molecule has 0 aliphatic carbocycles. The smallest absolute Gasteiger partial charge is 0.407 e. The number of alkyl carbamates (subject to hydrolysis) is 1. The summed E-state index contributed by atoms with van der Waals surface area (Å²) in [7, 11) is 0. The third-order valence-electron chi connectivity index (χ3n) is 1.96. The monoisotopic (exact) mass is 281 g/mol. The van der Waals surface area contributed by atoms with Crippen molar-refractivity contribution >= 4 is 12.1 Å². The number of nitrogens with one attached hydrogen (secondary N) is 1. The maximum absolute atomic E-state index is 11.0. The first-order valence-corrected chi connectivity index (χ1v) is 5.91. The van der Waals surface area contributed by atoms with E-state index in [1.54, 1.807) is 12.1 Å². The third kappa shape index (κ3) is 9.67. The molecule has 1 aromatic carbocycles. The molecule has 0 saturated carbocycles. The van der Waals surface area contributed by atoms with Crippen LogP contribution in [0.25, 0.3) is 0 Å². The van der Waals surface area contributed by atoms with Gasteiger partial charge in [-0.2, -0.15) is 0 Å². The molecule has 1 atom stereocenters. The Bertz CT molecular complexity index is 415. The predicted molar refractivity (Wildman–Crippen MR) is 74.3 cm³/mol. The van der Waals surface area contributed by atoms with Crippen molar-refractivity contribution in [3.8, 4) is 0 Å². The quantitative estimate of drug-likeness (QED) is 0.714. The van der Waals surface area contributed by atoms with Crippen LogP contribution >= 0.6 is 0 Å². The summed E-state index contributed by atoms with van der Waals surface area (Å²) < 4.78 is 4.70. The van der Waals surface area contributed by atoms with Gasteiger partial charge in [-0.1, -0.05) is 43.0 Å². The van der Waals surface area contributed by atoms with E-state index in [2.05, 4.69) is 11.9 Å². The zero-order valence-electron chi connectivity index (χ0n) is 11.3. The lowest BCUT2D eigenvalue weighted by Gasteiger charge is -2.11. The molecule has 1 unspecified atom stereocenters. The predicted octanol–water partition coefficient (Wildman–Crippen LogP) is 1.72. The van der Waals surface area contributed by atoms with Crippen molar-refractivity contribution in [2.45, 2.75) is 13.0 Å². The number of rotatable bonds is 5. The van der Waals surface area contributed by atoms with Gasteiger partial charge in [-0.3, -0.25) is 4.79 Å². The minimum Gasteiger partial charge on any atom is -0.481 e. The Morgan fingerprint density at radius 3 is 2.45 bits per heavy atom. The summed E-state index contributed by atoms with van der Waals surface area (Å²) in [6.45, 7) is 4.79. The summed E-state index contributed by atoms with van der Waals surface area (Å²) >= 11 is 0. The maximum Gasteiger partial charge on any atom is 0.407 e. The summed E-state index contributed by atoms with van der Waals surface area (Å²) in [4.78, 5) is 20.0. The molecule has 6 heteroatoms. The molecule has 0 aromatic heterocycles. The molecule has 0 aliphatic rings. The number of carboxylic acid groups (broad SMARTS) is 1. The van der Waals surface area contributed by atoms with Crippen LogP contribution in [0.1, 0.15) is 18.6 Å². The van der Waals surface area contributed by atoms with E-state index in [4.69, 9.17) is 14.6 Å². The summed E-state index contributed by atoms with van der Waals surface area (Å²) in [6.07, 6.45) is 0.195. The van der Waals surface area contributed by atoms with E-state index < -0.39 is 18.2 Å². The van der Waals surface area contributed by atoms with Crippen LogP contribution in [0.15, 0.2) is 43.0 Å². The fourth-order valence-electron chi connectivity index (χ4n) is 1.16. The standard InChI is InChI=1S/C12H15NO3.C2H4O2/c1-2-8-16-12(15)13-9-11(14)10-6-4-3-5-7-10;1-2(3)4/h2-7,11,14H,1,8-9H2,(H,13,15);1H3,(H,3,4). The Morgan fingerprint density at radius 2 is 1.95 bits per heavy atom. The number of hydrogen-bond donors (Lipinski definition) is 3. The van der Waals surface area contributed by atoms with Gasteiger partial charge < -0.3 is 20.3 Å². The van der Waals surface area contributed by atoms with Crippen molar-refractivity contribution in [2.75, 3.05) is 13.2 Å². The fraction of sp³-hybridized carbons (Fsp3) is 0.286. The number of aliphatic hydroxyl groups excluding tert-OH is 1. The molecular formula is C14H19NO5. The lowest BCUT2D eigenvalue weighted by atomic mass is 10.1. The molecule has 6 nitrogen and oxygen atoms in total. The van der Waals surface area contributed by atoms with E-state index in [0.717, 1.165) is 12.5 Å². The van der Waals surface area contributed by atoms with Crippen LogP contribution in [0.2, 0.25) is 0 Å². The fourth-order valence-corrected chi connectivity index (χ4v) is 1.16. The largest absolute Gasteiger partial charge is 0.481 e. The van der Waals surface area contributed by atoms with E-state index in [9.17, 15) is 9.90 Å². The Kier molecular flexibility index (Phi) is 9.33. The van der Waals surface area contributed by atoms with Crippen LogP contribution in [0, 0.1) is 0 Å². The summed E-state index contributed by atoms with van der Waals surface area (Å²) in [6, 6.07) is 9.11. The first-order valence-electron chi connectivity index (χ1n) is 5.91. The molecule has 3 N–H and O–H groups in total. The number of benzene rings is 1. The molecule has 0 bridgehead atoms. The van der Waals surface area contributed by atoms with Crippen molar-refractivity contribution in [1.29, 1.82) is 0 Å². The van der Waals surface area contributed by atoms with Crippen molar-refractivity contribution in [2.24, 2.45) is 0 Å². The highest BCUT2D eigenvalue weighted by atomic mass is 16.5. The lowest BCUT2D eigenvalue weighted by Crippen LogP contribution is -2.29. The van der Waals surface area contributed by atoms with Gasteiger partial charge in [0.25, 0.3) is 5.97 Å². The number of carbonyl (C=O) groups excluding carboxylic acids is 1. The first kappa shape index (κ1) is 17.7. The average Bonchev–Trinajstić information content (AvgIpc) is 2.42. The molecule has 0 radical (unpaired) electrons. The Labute approximate surface area is 117 Å². The van der Waals surface area contributed by atoms with Gasteiger partial charge in [-0.25, -0.2) is 4.79 Å². The second-order valence-electron chi connectivity index (χ2n) is 3.71. The average molecular weight is 281 g/mol. The Morgan fingerprint density at radius 1 is 1.40 bits per heavy atom. The van der Waals surface area contributed by atoms with Crippen molar-refractivity contribution in [3.05, 3.63) is 48.6 Å². The van der Waals surface area contributed by atoms with Gasteiger partial charge >= 0.3 is 6.09 Å². The highest BCUT2D eigenvalue weighted by Gasteiger charge is 2.08. The van der Waals surface area contributed by atoms with Gasteiger partial charge in [0.05, 0.1) is 12.6 Å². The first-order chi connectivity index (χ1) is 9.47. The minimum absolute atomic E-state index is 0.125. The van der Waals surface area contributed by atoms with Gasteiger partial charge in [0.2, 0.25) is 0 Å².